The lowest BCUT2D eigenvalue weighted by molar-refractivity contribution is -0.143. The summed E-state index contributed by atoms with van der Waals surface area (Å²) in [5.41, 5.74) is 1.88. The third-order valence-corrected chi connectivity index (χ3v) is 4.73. The fourth-order valence-electron chi connectivity index (χ4n) is 2.89. The molecule has 1 aromatic heterocycles. The topological polar surface area (TPSA) is 90.7 Å². The number of rotatable bonds is 8. The third-order valence-electron chi connectivity index (χ3n) is 4.38. The SMILES string of the molecule is CCOC(=O)C[C@@H](NC(=O)c1cc(-c2ccc(OC)cc2)no1)c1ccccc1Cl. The molecule has 1 N–H and O–H groups in total. The second-order valence-corrected chi connectivity index (χ2v) is 6.77. The highest BCUT2D eigenvalue weighted by Crippen LogP contribution is 2.27. The van der Waals surface area contributed by atoms with E-state index in [1.165, 1.54) is 6.07 Å². The van der Waals surface area contributed by atoms with Crippen molar-refractivity contribution in [2.24, 2.45) is 0 Å². The second-order valence-electron chi connectivity index (χ2n) is 6.36. The van der Waals surface area contributed by atoms with Gasteiger partial charge >= 0.3 is 5.97 Å². The molecule has 0 aliphatic carbocycles. The van der Waals surface area contributed by atoms with Crippen molar-refractivity contribution in [3.8, 4) is 17.0 Å². The standard InChI is InChI=1S/C22H21ClN2O5/c1-3-29-21(26)13-19(16-6-4-5-7-17(16)23)24-22(27)20-12-18(25-30-20)14-8-10-15(28-2)11-9-14/h4-12,19H,3,13H2,1-2H3,(H,24,27)/t19-/m1/s1. The van der Waals surface area contributed by atoms with Gasteiger partial charge in [0.25, 0.3) is 5.91 Å². The van der Waals surface area contributed by atoms with Gasteiger partial charge in [0.15, 0.2) is 0 Å². The normalized spacial score (nSPS) is 11.6. The Balaban J connectivity index is 1.79. The maximum atomic E-state index is 12.8. The molecular weight excluding hydrogens is 408 g/mol. The largest absolute Gasteiger partial charge is 0.497 e. The van der Waals surface area contributed by atoms with Gasteiger partial charge in [-0.05, 0) is 42.8 Å². The van der Waals surface area contributed by atoms with Gasteiger partial charge in [0.2, 0.25) is 5.76 Å². The third kappa shape index (κ3) is 5.18. The molecule has 0 aliphatic heterocycles. The van der Waals surface area contributed by atoms with Crippen LogP contribution in [0.5, 0.6) is 5.75 Å². The zero-order valence-electron chi connectivity index (χ0n) is 16.6. The fourth-order valence-corrected chi connectivity index (χ4v) is 3.16. The minimum atomic E-state index is -0.681. The summed E-state index contributed by atoms with van der Waals surface area (Å²) in [7, 11) is 1.58. The average molecular weight is 429 g/mol. The lowest BCUT2D eigenvalue weighted by atomic mass is 10.0. The molecule has 0 bridgehead atoms. The first-order chi connectivity index (χ1) is 14.5. The van der Waals surface area contributed by atoms with Crippen molar-refractivity contribution in [1.29, 1.82) is 0 Å². The molecule has 3 aromatic rings. The van der Waals surface area contributed by atoms with Gasteiger partial charge in [-0.3, -0.25) is 9.59 Å². The van der Waals surface area contributed by atoms with Crippen molar-refractivity contribution < 1.29 is 23.6 Å². The van der Waals surface area contributed by atoms with Gasteiger partial charge in [-0.15, -0.1) is 0 Å². The molecule has 0 fully saturated rings. The summed E-state index contributed by atoms with van der Waals surface area (Å²) in [5.74, 6) is -0.237. The van der Waals surface area contributed by atoms with Gasteiger partial charge < -0.3 is 19.3 Å². The molecule has 0 unspecified atom stereocenters. The number of hydrogen-bond donors (Lipinski definition) is 1. The molecule has 0 aliphatic rings. The van der Waals surface area contributed by atoms with E-state index in [2.05, 4.69) is 10.5 Å². The Bertz CT molecular complexity index is 1020. The number of methoxy groups -OCH3 is 1. The molecular formula is C22H21ClN2O5. The molecule has 0 spiro atoms. The van der Waals surface area contributed by atoms with Crippen LogP contribution in [0.25, 0.3) is 11.3 Å². The van der Waals surface area contributed by atoms with Gasteiger partial charge in [0.1, 0.15) is 11.4 Å². The minimum Gasteiger partial charge on any atom is -0.497 e. The van der Waals surface area contributed by atoms with Crippen LogP contribution in [0, 0.1) is 0 Å². The summed E-state index contributed by atoms with van der Waals surface area (Å²) in [6.45, 7) is 1.96. The van der Waals surface area contributed by atoms with Gasteiger partial charge in [-0.2, -0.15) is 0 Å². The van der Waals surface area contributed by atoms with E-state index < -0.39 is 17.9 Å². The summed E-state index contributed by atoms with van der Waals surface area (Å²) in [6, 6.07) is 15.0. The summed E-state index contributed by atoms with van der Waals surface area (Å²) in [4.78, 5) is 24.8. The highest BCUT2D eigenvalue weighted by molar-refractivity contribution is 6.31. The Morgan fingerprint density at radius 2 is 1.90 bits per heavy atom. The smallest absolute Gasteiger partial charge is 0.308 e. The van der Waals surface area contributed by atoms with Crippen LogP contribution < -0.4 is 10.1 Å². The Labute approximate surface area is 178 Å². The molecule has 7 nitrogen and oxygen atoms in total. The number of ether oxygens (including phenoxy) is 2. The van der Waals surface area contributed by atoms with Gasteiger partial charge in [-0.25, -0.2) is 0 Å². The molecule has 3 rings (SSSR count). The molecule has 8 heteroatoms. The van der Waals surface area contributed by atoms with Crippen molar-refractivity contribution in [1.82, 2.24) is 10.5 Å². The number of amides is 1. The highest BCUT2D eigenvalue weighted by Gasteiger charge is 2.24. The van der Waals surface area contributed by atoms with Gasteiger partial charge in [0.05, 0.1) is 26.2 Å². The first-order valence-electron chi connectivity index (χ1n) is 9.34. The molecule has 1 heterocycles. The van der Waals surface area contributed by atoms with Crippen LogP contribution in [0.1, 0.15) is 35.5 Å². The van der Waals surface area contributed by atoms with Crippen molar-refractivity contribution in [2.75, 3.05) is 13.7 Å². The molecule has 1 atom stereocenters. The molecule has 156 valence electrons. The van der Waals surface area contributed by atoms with Crippen LogP contribution in [0.3, 0.4) is 0 Å². The van der Waals surface area contributed by atoms with E-state index in [9.17, 15) is 9.59 Å². The molecule has 0 saturated heterocycles. The van der Waals surface area contributed by atoms with Crippen LogP contribution in [0.2, 0.25) is 5.02 Å². The van der Waals surface area contributed by atoms with E-state index >= 15 is 0 Å². The lowest BCUT2D eigenvalue weighted by Crippen LogP contribution is -2.30. The van der Waals surface area contributed by atoms with Crippen molar-refractivity contribution in [3.05, 3.63) is 70.9 Å². The maximum Gasteiger partial charge on any atom is 0.308 e. The first kappa shape index (κ1) is 21.4. The Morgan fingerprint density at radius 3 is 2.57 bits per heavy atom. The molecule has 0 saturated carbocycles. The Kier molecular flexibility index (Phi) is 7.08. The van der Waals surface area contributed by atoms with Crippen LogP contribution in [-0.2, 0) is 9.53 Å². The van der Waals surface area contributed by atoms with E-state index in [0.717, 1.165) is 5.56 Å². The average Bonchev–Trinajstić information content (AvgIpc) is 3.24. The molecule has 0 radical (unpaired) electrons. The zero-order chi connectivity index (χ0) is 21.5. The summed E-state index contributed by atoms with van der Waals surface area (Å²) in [6.07, 6.45) is -0.0667. The van der Waals surface area contributed by atoms with Crippen LogP contribution in [0.4, 0.5) is 0 Å². The van der Waals surface area contributed by atoms with E-state index in [-0.39, 0.29) is 18.8 Å². The highest BCUT2D eigenvalue weighted by atomic mass is 35.5. The summed E-state index contributed by atoms with van der Waals surface area (Å²) < 4.78 is 15.4. The second kappa shape index (κ2) is 9.93. The molecule has 30 heavy (non-hydrogen) atoms. The first-order valence-corrected chi connectivity index (χ1v) is 9.71. The monoisotopic (exact) mass is 428 g/mol. The van der Waals surface area contributed by atoms with Crippen LogP contribution in [-0.4, -0.2) is 30.7 Å². The molecule has 1 amide bonds. The zero-order valence-corrected chi connectivity index (χ0v) is 17.3. The number of nitrogens with zero attached hydrogens (tertiary/aromatic N) is 1. The van der Waals surface area contributed by atoms with Gasteiger partial charge in [0, 0.05) is 16.7 Å². The summed E-state index contributed by atoms with van der Waals surface area (Å²) in [5, 5.41) is 7.18. The van der Waals surface area contributed by atoms with E-state index in [1.54, 1.807) is 50.4 Å². The van der Waals surface area contributed by atoms with Crippen LogP contribution in [0.15, 0.2) is 59.1 Å². The summed E-state index contributed by atoms with van der Waals surface area (Å²) >= 11 is 6.27. The number of esters is 1. The van der Waals surface area contributed by atoms with Crippen molar-refractivity contribution >= 4 is 23.5 Å². The Morgan fingerprint density at radius 1 is 1.17 bits per heavy atom. The van der Waals surface area contributed by atoms with E-state index in [1.807, 2.05) is 12.1 Å². The number of aromatic nitrogens is 1. The lowest BCUT2D eigenvalue weighted by Gasteiger charge is -2.18. The predicted molar refractivity (Wildman–Crippen MR) is 111 cm³/mol. The maximum absolute atomic E-state index is 12.8. The number of carbonyl (C=O) groups excluding carboxylic acids is 2. The minimum absolute atomic E-state index is 0.0155. The Hall–Kier alpha value is -3.32. The molecule has 2 aromatic carbocycles. The van der Waals surface area contributed by atoms with E-state index in [4.69, 9.17) is 25.6 Å². The predicted octanol–water partition coefficient (Wildman–Crippen LogP) is 4.43. The number of benzene rings is 2. The number of nitrogens with one attached hydrogen (secondary N) is 1. The van der Waals surface area contributed by atoms with Crippen molar-refractivity contribution in [3.63, 3.8) is 0 Å². The van der Waals surface area contributed by atoms with E-state index in [0.29, 0.717) is 22.0 Å². The number of hydrogen-bond acceptors (Lipinski definition) is 6. The van der Waals surface area contributed by atoms with Crippen LogP contribution >= 0.6 is 11.6 Å². The van der Waals surface area contributed by atoms with Crippen molar-refractivity contribution in [2.45, 2.75) is 19.4 Å². The fraction of sp³-hybridized carbons (Fsp3) is 0.227. The quantitative estimate of drug-likeness (QED) is 0.534. The van der Waals surface area contributed by atoms with Gasteiger partial charge in [-0.1, -0.05) is 35.0 Å². The number of carbonyl (C=O) groups is 2. The number of halogens is 1.